The molecule has 1 amide bonds. The molecule has 0 aromatic carbocycles. The van der Waals surface area contributed by atoms with Gasteiger partial charge in [0.1, 0.15) is 0 Å². The molecule has 3 heteroatoms. The number of carbonyl (C=O) groups is 1. The molecule has 1 N–H and O–H groups in total. The van der Waals surface area contributed by atoms with E-state index < -0.39 is 0 Å². The maximum absolute atomic E-state index is 11.6. The largest absolute Gasteiger partial charge is 0.353 e. The van der Waals surface area contributed by atoms with E-state index >= 15 is 0 Å². The van der Waals surface area contributed by atoms with E-state index in [1.54, 1.807) is 0 Å². The lowest BCUT2D eigenvalue weighted by Gasteiger charge is -2.38. The van der Waals surface area contributed by atoms with Gasteiger partial charge in [0.2, 0.25) is 5.91 Å². The smallest absolute Gasteiger partial charge is 0.237 e. The minimum absolute atomic E-state index is 0.173. The summed E-state index contributed by atoms with van der Waals surface area (Å²) in [7, 11) is 0. The zero-order valence-corrected chi connectivity index (χ0v) is 8.96. The van der Waals surface area contributed by atoms with Gasteiger partial charge in [0, 0.05) is 19.6 Å². The number of nitrogens with one attached hydrogen (secondary N) is 1. The number of amides is 1. The summed E-state index contributed by atoms with van der Waals surface area (Å²) in [6, 6.07) is 0.173. The summed E-state index contributed by atoms with van der Waals surface area (Å²) in [5.74, 6) is 1.01. The summed E-state index contributed by atoms with van der Waals surface area (Å²) in [6.07, 6.45) is 4.88. The quantitative estimate of drug-likeness (QED) is 0.627. The van der Waals surface area contributed by atoms with Crippen LogP contribution in [0.3, 0.4) is 0 Å². The fraction of sp³-hybridized carbons (Fsp3) is 0.909. The molecule has 2 rings (SSSR count). The highest BCUT2D eigenvalue weighted by Crippen LogP contribution is 2.21. The molecule has 2 aliphatic heterocycles. The highest BCUT2D eigenvalue weighted by Gasteiger charge is 2.30. The van der Waals surface area contributed by atoms with Crippen LogP contribution in [0.4, 0.5) is 0 Å². The minimum Gasteiger partial charge on any atom is -0.353 e. The van der Waals surface area contributed by atoms with Crippen LogP contribution in [-0.4, -0.2) is 36.5 Å². The molecule has 0 radical (unpaired) electrons. The lowest BCUT2D eigenvalue weighted by molar-refractivity contribution is -0.129. The van der Waals surface area contributed by atoms with Gasteiger partial charge in [-0.1, -0.05) is 19.8 Å². The molecule has 0 aromatic rings. The predicted octanol–water partition coefficient (Wildman–Crippen LogP) is 0.997. The Hall–Kier alpha value is -0.570. The molecule has 0 bridgehead atoms. The average Bonchev–Trinajstić information content (AvgIpc) is 2.12. The number of hydrogen-bond donors (Lipinski definition) is 1. The van der Waals surface area contributed by atoms with E-state index in [0.717, 1.165) is 32.0 Å². The molecule has 0 aliphatic carbocycles. The minimum atomic E-state index is 0.173. The molecule has 0 spiro atoms. The Kier molecular flexibility index (Phi) is 3.06. The van der Waals surface area contributed by atoms with Crippen molar-refractivity contribution >= 4 is 5.91 Å². The third-order valence-electron chi connectivity index (χ3n) is 3.41. The van der Waals surface area contributed by atoms with Crippen molar-refractivity contribution in [3.8, 4) is 0 Å². The summed E-state index contributed by atoms with van der Waals surface area (Å²) >= 11 is 0. The molecule has 0 saturated carbocycles. The highest BCUT2D eigenvalue weighted by molar-refractivity contribution is 5.82. The van der Waals surface area contributed by atoms with Crippen LogP contribution in [-0.2, 0) is 4.79 Å². The van der Waals surface area contributed by atoms with E-state index in [1.165, 1.54) is 19.3 Å². The zero-order chi connectivity index (χ0) is 9.97. The van der Waals surface area contributed by atoms with Gasteiger partial charge < -0.3 is 5.32 Å². The van der Waals surface area contributed by atoms with Crippen LogP contribution in [0.15, 0.2) is 0 Å². The maximum Gasteiger partial charge on any atom is 0.237 e. The van der Waals surface area contributed by atoms with Gasteiger partial charge in [-0.05, 0) is 18.8 Å². The molecular formula is C11H20N2O. The lowest BCUT2D eigenvalue weighted by Crippen LogP contribution is -2.56. The van der Waals surface area contributed by atoms with Crippen LogP contribution in [0.25, 0.3) is 0 Å². The van der Waals surface area contributed by atoms with Gasteiger partial charge in [0.15, 0.2) is 0 Å². The number of hydrogen-bond acceptors (Lipinski definition) is 2. The normalized spacial score (nSPS) is 35.4. The predicted molar refractivity (Wildman–Crippen MR) is 56.0 cm³/mol. The number of fused-ring (bicyclic) bond motifs is 1. The van der Waals surface area contributed by atoms with Gasteiger partial charge in [-0.3, -0.25) is 9.69 Å². The molecule has 80 valence electrons. The third-order valence-corrected chi connectivity index (χ3v) is 3.41. The van der Waals surface area contributed by atoms with Crippen LogP contribution < -0.4 is 5.32 Å². The second-order valence-corrected chi connectivity index (χ2v) is 4.69. The monoisotopic (exact) mass is 196 g/mol. The molecule has 2 saturated heterocycles. The summed E-state index contributed by atoms with van der Waals surface area (Å²) in [5.41, 5.74) is 0. The van der Waals surface area contributed by atoms with Crippen molar-refractivity contribution in [3.05, 3.63) is 0 Å². The molecule has 1 unspecified atom stereocenters. The Labute approximate surface area is 85.8 Å². The van der Waals surface area contributed by atoms with Crippen LogP contribution in [0, 0.1) is 5.92 Å². The van der Waals surface area contributed by atoms with Crippen LogP contribution in [0.2, 0.25) is 0 Å². The number of piperazine rings is 1. The summed E-state index contributed by atoms with van der Waals surface area (Å²) in [6.45, 7) is 5.29. The lowest BCUT2D eigenvalue weighted by atomic mass is 9.94. The van der Waals surface area contributed by atoms with Crippen LogP contribution in [0.5, 0.6) is 0 Å². The molecule has 2 fully saturated rings. The van der Waals surface area contributed by atoms with Crippen molar-refractivity contribution in [1.82, 2.24) is 10.2 Å². The molecule has 2 heterocycles. The first-order chi connectivity index (χ1) is 6.77. The van der Waals surface area contributed by atoms with Gasteiger partial charge >= 0.3 is 0 Å². The van der Waals surface area contributed by atoms with E-state index in [4.69, 9.17) is 0 Å². The van der Waals surface area contributed by atoms with Gasteiger partial charge in [0.25, 0.3) is 0 Å². The Morgan fingerprint density at radius 1 is 1.36 bits per heavy atom. The zero-order valence-electron chi connectivity index (χ0n) is 8.96. The van der Waals surface area contributed by atoms with E-state index in [0.29, 0.717) is 0 Å². The fourth-order valence-electron chi connectivity index (χ4n) is 2.62. The van der Waals surface area contributed by atoms with E-state index in [1.807, 2.05) is 0 Å². The number of nitrogens with zero attached hydrogens (tertiary/aromatic N) is 1. The van der Waals surface area contributed by atoms with E-state index in [-0.39, 0.29) is 11.9 Å². The number of rotatable bonds is 0. The van der Waals surface area contributed by atoms with E-state index in [2.05, 4.69) is 17.1 Å². The first-order valence-corrected chi connectivity index (χ1v) is 5.79. The van der Waals surface area contributed by atoms with Gasteiger partial charge in [0.05, 0.1) is 6.04 Å². The standard InChI is InChI=1S/C11H20N2O/c1-9-4-2-3-5-10-11(14)12-6-7-13(10)8-9/h9-10H,2-8H2,1H3,(H,12,14)/t9-,10?/m1/s1. The first-order valence-electron chi connectivity index (χ1n) is 5.79. The second kappa shape index (κ2) is 4.30. The molecule has 3 nitrogen and oxygen atoms in total. The topological polar surface area (TPSA) is 32.3 Å². The first kappa shape index (κ1) is 9.97. The molecule has 14 heavy (non-hydrogen) atoms. The van der Waals surface area contributed by atoms with Crippen molar-refractivity contribution < 1.29 is 4.79 Å². The van der Waals surface area contributed by atoms with Gasteiger partial charge in [-0.15, -0.1) is 0 Å². The maximum atomic E-state index is 11.6. The fourth-order valence-corrected chi connectivity index (χ4v) is 2.62. The van der Waals surface area contributed by atoms with Crippen molar-refractivity contribution in [2.45, 2.75) is 38.6 Å². The average molecular weight is 196 g/mol. The molecule has 2 atom stereocenters. The van der Waals surface area contributed by atoms with Crippen molar-refractivity contribution in [2.24, 2.45) is 5.92 Å². The van der Waals surface area contributed by atoms with Crippen molar-refractivity contribution in [2.75, 3.05) is 19.6 Å². The SMILES string of the molecule is C[C@@H]1CCCCC2C(=O)NCCN2C1. The Morgan fingerprint density at radius 2 is 2.14 bits per heavy atom. The van der Waals surface area contributed by atoms with Crippen molar-refractivity contribution in [1.29, 1.82) is 0 Å². The molecule has 2 aliphatic rings. The number of carbonyl (C=O) groups excluding carboxylic acids is 1. The summed E-state index contributed by atoms with van der Waals surface area (Å²) < 4.78 is 0. The Morgan fingerprint density at radius 3 is 3.00 bits per heavy atom. The molecule has 0 aromatic heterocycles. The summed E-state index contributed by atoms with van der Waals surface area (Å²) in [4.78, 5) is 14.0. The molecular weight excluding hydrogens is 176 g/mol. The van der Waals surface area contributed by atoms with Crippen molar-refractivity contribution in [3.63, 3.8) is 0 Å². The highest BCUT2D eigenvalue weighted by atomic mass is 16.2. The van der Waals surface area contributed by atoms with Crippen LogP contribution in [0.1, 0.15) is 32.6 Å². The second-order valence-electron chi connectivity index (χ2n) is 4.69. The van der Waals surface area contributed by atoms with Gasteiger partial charge in [-0.25, -0.2) is 0 Å². The van der Waals surface area contributed by atoms with E-state index in [9.17, 15) is 4.79 Å². The Balaban J connectivity index is 2.03. The summed E-state index contributed by atoms with van der Waals surface area (Å²) in [5, 5.41) is 2.96. The van der Waals surface area contributed by atoms with Crippen LogP contribution >= 0.6 is 0 Å². The van der Waals surface area contributed by atoms with Gasteiger partial charge in [-0.2, -0.15) is 0 Å². The third kappa shape index (κ3) is 2.08. The Bertz CT molecular complexity index is 217.